The third-order valence-electron chi connectivity index (χ3n) is 4.01. The summed E-state index contributed by atoms with van der Waals surface area (Å²) in [5.41, 5.74) is 1.08. The number of esters is 1. The summed E-state index contributed by atoms with van der Waals surface area (Å²) in [5, 5.41) is 6.18. The molecule has 0 aliphatic carbocycles. The van der Waals surface area contributed by atoms with Crippen LogP contribution in [-0.4, -0.2) is 36.1 Å². The standard InChI is InChI=1S/C16H25N3O3/c1-3-22-16(21)14-10-13(11-19(14)2)18-15(20)5-4-12-6-8-17-9-7-12/h10-12,17H,3-9H2,1-2H3,(H,18,20). The number of ether oxygens (including phenoxy) is 1. The fraction of sp³-hybridized carbons (Fsp3) is 0.625. The second kappa shape index (κ2) is 7.98. The molecular formula is C16H25N3O3. The molecule has 6 heteroatoms. The number of nitrogens with one attached hydrogen (secondary N) is 2. The van der Waals surface area contributed by atoms with Crippen LogP contribution < -0.4 is 10.6 Å². The second-order valence-corrected chi connectivity index (χ2v) is 5.73. The monoisotopic (exact) mass is 307 g/mol. The molecule has 1 aromatic rings. The minimum atomic E-state index is -0.375. The van der Waals surface area contributed by atoms with Crippen LogP contribution in [0, 0.1) is 5.92 Å². The maximum absolute atomic E-state index is 12.0. The summed E-state index contributed by atoms with van der Waals surface area (Å²) in [6.07, 6.45) is 5.46. The van der Waals surface area contributed by atoms with Gasteiger partial charge in [0.15, 0.2) is 0 Å². The fourth-order valence-electron chi connectivity index (χ4n) is 2.77. The van der Waals surface area contributed by atoms with E-state index in [0.29, 0.717) is 30.3 Å². The minimum absolute atomic E-state index is 0.000425. The average Bonchev–Trinajstić information content (AvgIpc) is 2.87. The van der Waals surface area contributed by atoms with E-state index in [-0.39, 0.29) is 11.9 Å². The number of nitrogens with zero attached hydrogens (tertiary/aromatic N) is 1. The SMILES string of the molecule is CCOC(=O)c1cc(NC(=O)CCC2CCNCC2)cn1C. The van der Waals surface area contributed by atoms with E-state index in [1.165, 1.54) is 0 Å². The van der Waals surface area contributed by atoms with Gasteiger partial charge in [-0.1, -0.05) is 0 Å². The van der Waals surface area contributed by atoms with Crippen molar-refractivity contribution < 1.29 is 14.3 Å². The van der Waals surface area contributed by atoms with Gasteiger partial charge in [-0.2, -0.15) is 0 Å². The Bertz CT molecular complexity index is 519. The lowest BCUT2D eigenvalue weighted by atomic mass is 9.93. The van der Waals surface area contributed by atoms with E-state index in [2.05, 4.69) is 10.6 Å². The molecule has 0 radical (unpaired) electrons. The summed E-state index contributed by atoms with van der Waals surface area (Å²) in [6.45, 7) is 4.20. The Balaban J connectivity index is 1.83. The summed E-state index contributed by atoms with van der Waals surface area (Å²) in [6, 6.07) is 1.65. The predicted octanol–water partition coefficient (Wildman–Crippen LogP) is 1.92. The molecule has 0 atom stereocenters. The molecule has 122 valence electrons. The van der Waals surface area contributed by atoms with Crippen LogP contribution in [0.15, 0.2) is 12.3 Å². The molecule has 6 nitrogen and oxygen atoms in total. The topological polar surface area (TPSA) is 72.4 Å². The summed E-state index contributed by atoms with van der Waals surface area (Å²) in [7, 11) is 1.76. The Hall–Kier alpha value is -1.82. The first-order chi connectivity index (χ1) is 10.6. The summed E-state index contributed by atoms with van der Waals surface area (Å²) in [4.78, 5) is 23.8. The van der Waals surface area contributed by atoms with Gasteiger partial charge in [-0.05, 0) is 51.3 Å². The lowest BCUT2D eigenvalue weighted by Gasteiger charge is -2.22. The summed E-state index contributed by atoms with van der Waals surface area (Å²) < 4.78 is 6.64. The number of hydrogen-bond donors (Lipinski definition) is 2. The number of aromatic nitrogens is 1. The molecule has 0 unspecified atom stereocenters. The van der Waals surface area contributed by atoms with Crippen LogP contribution in [-0.2, 0) is 16.6 Å². The van der Waals surface area contributed by atoms with Gasteiger partial charge in [0.1, 0.15) is 5.69 Å². The van der Waals surface area contributed by atoms with E-state index >= 15 is 0 Å². The van der Waals surface area contributed by atoms with Gasteiger partial charge in [0, 0.05) is 19.7 Å². The van der Waals surface area contributed by atoms with E-state index in [9.17, 15) is 9.59 Å². The quantitative estimate of drug-likeness (QED) is 0.788. The molecular weight excluding hydrogens is 282 g/mol. The molecule has 0 bridgehead atoms. The molecule has 1 saturated heterocycles. The van der Waals surface area contributed by atoms with Crippen molar-refractivity contribution in [3.63, 3.8) is 0 Å². The molecule has 1 aliphatic rings. The van der Waals surface area contributed by atoms with Crippen LogP contribution >= 0.6 is 0 Å². The average molecular weight is 307 g/mol. The van der Waals surface area contributed by atoms with Gasteiger partial charge in [-0.25, -0.2) is 4.79 Å². The van der Waals surface area contributed by atoms with Crippen LogP contribution in [0.5, 0.6) is 0 Å². The number of anilines is 1. The Morgan fingerprint density at radius 1 is 1.41 bits per heavy atom. The van der Waals surface area contributed by atoms with E-state index < -0.39 is 0 Å². The van der Waals surface area contributed by atoms with Crippen LogP contribution in [0.2, 0.25) is 0 Å². The molecule has 1 fully saturated rings. The smallest absolute Gasteiger partial charge is 0.355 e. The van der Waals surface area contributed by atoms with E-state index in [1.54, 1.807) is 30.8 Å². The Morgan fingerprint density at radius 2 is 2.14 bits per heavy atom. The maximum atomic E-state index is 12.0. The van der Waals surface area contributed by atoms with Gasteiger partial charge < -0.3 is 19.9 Å². The molecule has 0 saturated carbocycles. The van der Waals surface area contributed by atoms with Crippen molar-refractivity contribution in [2.24, 2.45) is 13.0 Å². The molecule has 22 heavy (non-hydrogen) atoms. The van der Waals surface area contributed by atoms with E-state index in [0.717, 1.165) is 32.4 Å². The first-order valence-electron chi connectivity index (χ1n) is 7.94. The van der Waals surface area contributed by atoms with Crippen molar-refractivity contribution in [3.05, 3.63) is 18.0 Å². The highest BCUT2D eigenvalue weighted by atomic mass is 16.5. The zero-order valence-electron chi connectivity index (χ0n) is 13.4. The van der Waals surface area contributed by atoms with Gasteiger partial charge in [0.05, 0.1) is 12.3 Å². The first-order valence-corrected chi connectivity index (χ1v) is 7.94. The second-order valence-electron chi connectivity index (χ2n) is 5.73. The predicted molar refractivity (Wildman–Crippen MR) is 84.8 cm³/mol. The highest BCUT2D eigenvalue weighted by Gasteiger charge is 2.16. The van der Waals surface area contributed by atoms with Crippen molar-refractivity contribution >= 4 is 17.6 Å². The summed E-state index contributed by atoms with van der Waals surface area (Å²) in [5.74, 6) is 0.262. The number of rotatable bonds is 6. The van der Waals surface area contributed by atoms with Gasteiger partial charge >= 0.3 is 5.97 Å². The van der Waals surface area contributed by atoms with Crippen molar-refractivity contribution in [1.82, 2.24) is 9.88 Å². The number of hydrogen-bond acceptors (Lipinski definition) is 4. The van der Waals surface area contributed by atoms with Crippen molar-refractivity contribution in [3.8, 4) is 0 Å². The normalized spacial score (nSPS) is 15.5. The van der Waals surface area contributed by atoms with E-state index in [1.807, 2.05) is 0 Å². The van der Waals surface area contributed by atoms with Gasteiger partial charge in [0.2, 0.25) is 5.91 Å². The zero-order chi connectivity index (χ0) is 15.9. The molecule has 1 amide bonds. The van der Waals surface area contributed by atoms with Crippen molar-refractivity contribution in [1.29, 1.82) is 0 Å². The molecule has 0 aromatic carbocycles. The van der Waals surface area contributed by atoms with Gasteiger partial charge in [-0.3, -0.25) is 4.79 Å². The number of amides is 1. The minimum Gasteiger partial charge on any atom is -0.461 e. The van der Waals surface area contributed by atoms with Crippen LogP contribution in [0.1, 0.15) is 43.1 Å². The van der Waals surface area contributed by atoms with Gasteiger partial charge in [0.25, 0.3) is 0 Å². The molecule has 2 rings (SSSR count). The third-order valence-corrected chi connectivity index (χ3v) is 4.01. The Labute approximate surface area is 131 Å². The maximum Gasteiger partial charge on any atom is 0.355 e. The summed E-state index contributed by atoms with van der Waals surface area (Å²) >= 11 is 0. The molecule has 1 aliphatic heterocycles. The number of piperidine rings is 1. The zero-order valence-corrected chi connectivity index (χ0v) is 13.4. The number of carbonyl (C=O) groups is 2. The Kier molecular flexibility index (Phi) is 6.00. The molecule has 1 aromatic heterocycles. The van der Waals surface area contributed by atoms with Crippen molar-refractivity contribution in [2.75, 3.05) is 25.0 Å². The fourth-order valence-corrected chi connectivity index (χ4v) is 2.77. The largest absolute Gasteiger partial charge is 0.461 e. The lowest BCUT2D eigenvalue weighted by Crippen LogP contribution is -2.28. The van der Waals surface area contributed by atoms with Crippen LogP contribution in [0.3, 0.4) is 0 Å². The molecule has 0 spiro atoms. The van der Waals surface area contributed by atoms with Crippen LogP contribution in [0.25, 0.3) is 0 Å². The Morgan fingerprint density at radius 3 is 2.82 bits per heavy atom. The lowest BCUT2D eigenvalue weighted by molar-refractivity contribution is -0.116. The highest BCUT2D eigenvalue weighted by molar-refractivity contribution is 5.94. The molecule has 2 N–H and O–H groups in total. The van der Waals surface area contributed by atoms with Crippen LogP contribution in [0.4, 0.5) is 5.69 Å². The first kappa shape index (κ1) is 16.5. The third kappa shape index (κ3) is 4.59. The molecule has 2 heterocycles. The number of carbonyl (C=O) groups excluding carboxylic acids is 2. The van der Waals surface area contributed by atoms with Crippen molar-refractivity contribution in [2.45, 2.75) is 32.6 Å². The van der Waals surface area contributed by atoms with Gasteiger partial charge in [-0.15, -0.1) is 0 Å². The highest BCUT2D eigenvalue weighted by Crippen LogP contribution is 2.19. The van der Waals surface area contributed by atoms with E-state index in [4.69, 9.17) is 4.74 Å². The number of aryl methyl sites for hydroxylation is 1.